The Bertz CT molecular complexity index is 755. The average molecular weight is 411 g/mol. The first-order valence-electron chi connectivity index (χ1n) is 6.80. The molecule has 0 aliphatic carbocycles. The second-order valence-corrected chi connectivity index (χ2v) is 5.92. The molecule has 22 heavy (non-hydrogen) atoms. The number of benzene rings is 1. The zero-order valence-electron chi connectivity index (χ0n) is 12.1. The second kappa shape index (κ2) is 6.03. The lowest BCUT2D eigenvalue weighted by molar-refractivity contribution is -0.139. The number of ether oxygens (including phenoxy) is 1. The minimum Gasteiger partial charge on any atom is -0.463 e. The van der Waals surface area contributed by atoms with Gasteiger partial charge in [-0.1, -0.05) is 23.3 Å². The van der Waals surface area contributed by atoms with Crippen LogP contribution in [-0.2, 0) is 9.53 Å². The summed E-state index contributed by atoms with van der Waals surface area (Å²) in [4.78, 5) is 12.4. The van der Waals surface area contributed by atoms with Crippen LogP contribution < -0.4 is 5.32 Å². The van der Waals surface area contributed by atoms with Crippen molar-refractivity contribution in [3.05, 3.63) is 44.7 Å². The van der Waals surface area contributed by atoms with E-state index in [1.807, 2.05) is 31.2 Å². The first-order valence-corrected chi connectivity index (χ1v) is 7.88. The zero-order valence-corrected chi connectivity index (χ0v) is 14.2. The number of fused-ring (bicyclic) bond motifs is 1. The number of anilines is 1. The van der Waals surface area contributed by atoms with Crippen molar-refractivity contribution >= 4 is 34.5 Å². The number of hydrogen-bond donors (Lipinski definition) is 1. The third-order valence-electron chi connectivity index (χ3n) is 3.41. The van der Waals surface area contributed by atoms with Crippen molar-refractivity contribution in [3.8, 4) is 0 Å². The molecule has 2 aromatic rings. The van der Waals surface area contributed by atoms with E-state index in [1.165, 1.54) is 0 Å². The van der Waals surface area contributed by atoms with Crippen molar-refractivity contribution in [3.63, 3.8) is 0 Å². The summed E-state index contributed by atoms with van der Waals surface area (Å²) in [5.74, 6) is 0.147. The molecule has 3 rings (SSSR count). The van der Waals surface area contributed by atoms with E-state index in [-0.39, 0.29) is 5.97 Å². The highest BCUT2D eigenvalue weighted by Gasteiger charge is 2.35. The van der Waals surface area contributed by atoms with Gasteiger partial charge in [0.1, 0.15) is 6.04 Å². The van der Waals surface area contributed by atoms with E-state index in [9.17, 15) is 4.79 Å². The van der Waals surface area contributed by atoms with E-state index >= 15 is 0 Å². The maximum Gasteiger partial charge on any atom is 0.338 e. The largest absolute Gasteiger partial charge is 0.463 e. The number of halogens is 1. The Morgan fingerprint density at radius 2 is 2.23 bits per heavy atom. The van der Waals surface area contributed by atoms with E-state index < -0.39 is 6.04 Å². The zero-order chi connectivity index (χ0) is 15.7. The molecule has 0 spiro atoms. The summed E-state index contributed by atoms with van der Waals surface area (Å²) in [6, 6.07) is 7.43. The van der Waals surface area contributed by atoms with E-state index in [0.29, 0.717) is 23.8 Å². The molecule has 0 bridgehead atoms. The molecule has 1 aromatic heterocycles. The summed E-state index contributed by atoms with van der Waals surface area (Å²) < 4.78 is 7.85. The van der Waals surface area contributed by atoms with E-state index in [2.05, 4.69) is 43.4 Å². The highest BCUT2D eigenvalue weighted by atomic mass is 127. The molecule has 0 fully saturated rings. The molecule has 7 nitrogen and oxygen atoms in total. The van der Waals surface area contributed by atoms with Crippen LogP contribution in [-0.4, -0.2) is 32.8 Å². The Kier molecular flexibility index (Phi) is 4.10. The fourth-order valence-corrected chi connectivity index (χ4v) is 3.15. The molecular formula is C14H14IN5O2. The molecule has 1 N–H and O–H groups in total. The highest BCUT2D eigenvalue weighted by Crippen LogP contribution is 2.36. The molecule has 1 aromatic carbocycles. The summed E-state index contributed by atoms with van der Waals surface area (Å²) >= 11 is 2.24. The summed E-state index contributed by atoms with van der Waals surface area (Å²) in [7, 11) is 0. The van der Waals surface area contributed by atoms with E-state index in [4.69, 9.17) is 4.74 Å². The molecule has 0 radical (unpaired) electrons. The topological polar surface area (TPSA) is 81.9 Å². The van der Waals surface area contributed by atoms with Crippen molar-refractivity contribution in [1.82, 2.24) is 20.2 Å². The van der Waals surface area contributed by atoms with Gasteiger partial charge in [-0.3, -0.25) is 0 Å². The molecule has 2 heterocycles. The predicted molar refractivity (Wildman–Crippen MR) is 88.1 cm³/mol. The number of carbonyl (C=O) groups excluding carboxylic acids is 1. The lowest BCUT2D eigenvalue weighted by Gasteiger charge is -2.27. The Hall–Kier alpha value is -1.97. The van der Waals surface area contributed by atoms with E-state index in [0.717, 1.165) is 9.13 Å². The van der Waals surface area contributed by atoms with Crippen LogP contribution in [0.2, 0.25) is 0 Å². The van der Waals surface area contributed by atoms with Gasteiger partial charge in [-0.15, -0.1) is 0 Å². The van der Waals surface area contributed by atoms with Gasteiger partial charge in [0, 0.05) is 9.27 Å². The van der Waals surface area contributed by atoms with Crippen LogP contribution in [0.25, 0.3) is 0 Å². The van der Waals surface area contributed by atoms with Gasteiger partial charge in [0.25, 0.3) is 0 Å². The maximum atomic E-state index is 12.4. The molecule has 114 valence electrons. The monoisotopic (exact) mass is 411 g/mol. The minimum absolute atomic E-state index is 0.316. The van der Waals surface area contributed by atoms with Crippen molar-refractivity contribution in [2.24, 2.45) is 0 Å². The number of hydrogen-bond acceptors (Lipinski definition) is 6. The molecule has 0 saturated heterocycles. The maximum absolute atomic E-state index is 12.4. The predicted octanol–water partition coefficient (Wildman–Crippen LogP) is 2.13. The lowest BCUT2D eigenvalue weighted by Crippen LogP contribution is -2.30. The smallest absolute Gasteiger partial charge is 0.338 e. The second-order valence-electron chi connectivity index (χ2n) is 4.76. The number of tetrazole rings is 1. The van der Waals surface area contributed by atoms with E-state index in [1.54, 1.807) is 11.6 Å². The third kappa shape index (κ3) is 2.47. The molecular weight excluding hydrogens is 397 g/mol. The number of rotatable bonds is 3. The van der Waals surface area contributed by atoms with Crippen molar-refractivity contribution < 1.29 is 9.53 Å². The van der Waals surface area contributed by atoms with Gasteiger partial charge >= 0.3 is 5.97 Å². The lowest BCUT2D eigenvalue weighted by atomic mass is 9.96. The fraction of sp³-hybridized carbons (Fsp3) is 0.286. The molecule has 1 aliphatic heterocycles. The molecule has 1 atom stereocenters. The van der Waals surface area contributed by atoms with Crippen molar-refractivity contribution in [2.45, 2.75) is 19.9 Å². The van der Waals surface area contributed by atoms with Crippen LogP contribution in [0.4, 0.5) is 5.95 Å². The van der Waals surface area contributed by atoms with Gasteiger partial charge in [0.05, 0.1) is 12.2 Å². The SMILES string of the molecule is CCOC(=O)C1=C(C)Nc2nnnn2C1c1ccccc1I. The van der Waals surface area contributed by atoms with Crippen LogP contribution in [0.3, 0.4) is 0 Å². The highest BCUT2D eigenvalue weighted by molar-refractivity contribution is 14.1. The van der Waals surface area contributed by atoms with Crippen LogP contribution in [0.1, 0.15) is 25.5 Å². The number of esters is 1. The average Bonchev–Trinajstić information content (AvgIpc) is 2.94. The molecule has 1 unspecified atom stereocenters. The molecule has 8 heteroatoms. The number of allylic oxidation sites excluding steroid dienone is 1. The van der Waals surface area contributed by atoms with Crippen LogP contribution in [0.5, 0.6) is 0 Å². The summed E-state index contributed by atoms with van der Waals surface area (Å²) in [6.07, 6.45) is 0. The van der Waals surface area contributed by atoms with Gasteiger partial charge in [-0.25, -0.2) is 4.79 Å². The first-order chi connectivity index (χ1) is 10.6. The summed E-state index contributed by atoms with van der Waals surface area (Å²) in [5, 5.41) is 14.7. The van der Waals surface area contributed by atoms with Crippen molar-refractivity contribution in [1.29, 1.82) is 0 Å². The quantitative estimate of drug-likeness (QED) is 0.616. The Labute approximate surface area is 140 Å². The molecule has 0 amide bonds. The Balaban J connectivity index is 2.18. The number of aromatic nitrogens is 4. The summed E-state index contributed by atoms with van der Waals surface area (Å²) in [5.41, 5.74) is 2.18. The van der Waals surface area contributed by atoms with Gasteiger partial charge in [-0.2, -0.15) is 4.68 Å². The standard InChI is InChI=1S/C14H14IN5O2/c1-3-22-13(21)11-8(2)16-14-17-18-19-20(14)12(11)9-6-4-5-7-10(9)15/h4-7,12H,3H2,1-2H3,(H,16,17,19). The normalized spacial score (nSPS) is 17.0. The third-order valence-corrected chi connectivity index (χ3v) is 4.39. The first kappa shape index (κ1) is 14.9. The number of nitrogens with zero attached hydrogens (tertiary/aromatic N) is 4. The Morgan fingerprint density at radius 1 is 1.45 bits per heavy atom. The minimum atomic E-state index is -0.404. The fourth-order valence-electron chi connectivity index (χ4n) is 2.47. The number of carbonyl (C=O) groups is 1. The molecule has 0 saturated carbocycles. The van der Waals surface area contributed by atoms with Gasteiger partial charge in [0.2, 0.25) is 5.95 Å². The summed E-state index contributed by atoms with van der Waals surface area (Å²) in [6.45, 7) is 3.93. The Morgan fingerprint density at radius 3 is 2.95 bits per heavy atom. The molecule has 1 aliphatic rings. The van der Waals surface area contributed by atoms with Gasteiger partial charge in [-0.05, 0) is 58.5 Å². The van der Waals surface area contributed by atoms with Crippen LogP contribution in [0.15, 0.2) is 35.5 Å². The van der Waals surface area contributed by atoms with Crippen LogP contribution >= 0.6 is 22.6 Å². The van der Waals surface area contributed by atoms with Gasteiger partial charge in [0.15, 0.2) is 0 Å². The van der Waals surface area contributed by atoms with Gasteiger partial charge < -0.3 is 10.1 Å². The van der Waals surface area contributed by atoms with Crippen LogP contribution in [0, 0.1) is 3.57 Å². The van der Waals surface area contributed by atoms with Crippen molar-refractivity contribution in [2.75, 3.05) is 11.9 Å². The number of nitrogens with one attached hydrogen (secondary N) is 1.